The second-order valence-corrected chi connectivity index (χ2v) is 4.52. The molecule has 16 heavy (non-hydrogen) atoms. The summed E-state index contributed by atoms with van der Waals surface area (Å²) in [6.07, 6.45) is 0.650. The van der Waals surface area contributed by atoms with Crippen LogP contribution in [0.15, 0.2) is 0 Å². The lowest BCUT2D eigenvalue weighted by Gasteiger charge is -2.27. The summed E-state index contributed by atoms with van der Waals surface area (Å²) in [4.78, 5) is 16.1. The molecule has 0 aromatic heterocycles. The Morgan fingerprint density at radius 2 is 1.88 bits per heavy atom. The number of carbonyl (C=O) groups is 1. The zero-order valence-electron chi connectivity index (χ0n) is 10.7. The Morgan fingerprint density at radius 3 is 2.25 bits per heavy atom. The van der Waals surface area contributed by atoms with E-state index in [4.69, 9.17) is 18.0 Å². The van der Waals surface area contributed by atoms with Crippen LogP contribution in [0, 0.1) is 0 Å². The van der Waals surface area contributed by atoms with Gasteiger partial charge in [0, 0.05) is 25.6 Å². The summed E-state index contributed by atoms with van der Waals surface area (Å²) in [5.74, 6) is 0.155. The van der Waals surface area contributed by atoms with Gasteiger partial charge in [0.25, 0.3) is 0 Å². The molecule has 2 N–H and O–H groups in total. The largest absolute Gasteiger partial charge is 0.393 e. The van der Waals surface area contributed by atoms with Crippen molar-refractivity contribution >= 4 is 23.1 Å². The Morgan fingerprint density at radius 1 is 1.38 bits per heavy atom. The maximum Gasteiger partial charge on any atom is 0.236 e. The van der Waals surface area contributed by atoms with Gasteiger partial charge >= 0.3 is 0 Å². The van der Waals surface area contributed by atoms with Gasteiger partial charge in [0.2, 0.25) is 5.91 Å². The lowest BCUT2D eigenvalue weighted by molar-refractivity contribution is -0.132. The van der Waals surface area contributed by atoms with Crippen molar-refractivity contribution in [1.29, 1.82) is 0 Å². The number of rotatable bonds is 7. The lowest BCUT2D eigenvalue weighted by Crippen LogP contribution is -2.42. The molecule has 1 amide bonds. The van der Waals surface area contributed by atoms with E-state index in [0.29, 0.717) is 18.0 Å². The average Bonchev–Trinajstić information content (AvgIpc) is 2.18. The Kier molecular flexibility index (Phi) is 7.25. The van der Waals surface area contributed by atoms with Crippen LogP contribution in [0.4, 0.5) is 0 Å². The number of nitrogens with zero attached hydrogens (tertiary/aromatic N) is 2. The Labute approximate surface area is 104 Å². The van der Waals surface area contributed by atoms with Crippen LogP contribution in [-0.2, 0) is 4.79 Å². The first-order chi connectivity index (χ1) is 7.42. The van der Waals surface area contributed by atoms with Crippen LogP contribution in [0.1, 0.15) is 27.2 Å². The maximum absolute atomic E-state index is 11.8. The van der Waals surface area contributed by atoms with E-state index in [1.165, 1.54) is 0 Å². The summed E-state index contributed by atoms with van der Waals surface area (Å²) in [6.45, 7) is 7.93. The highest BCUT2D eigenvalue weighted by Gasteiger charge is 2.16. The highest BCUT2D eigenvalue weighted by Crippen LogP contribution is 2.02. The van der Waals surface area contributed by atoms with Crippen molar-refractivity contribution in [3.05, 3.63) is 0 Å². The molecule has 0 aliphatic rings. The molecule has 0 aromatic carbocycles. The van der Waals surface area contributed by atoms with Gasteiger partial charge in [-0.15, -0.1) is 0 Å². The molecule has 0 aliphatic carbocycles. The number of hydrogen-bond acceptors (Lipinski definition) is 3. The molecule has 0 saturated carbocycles. The van der Waals surface area contributed by atoms with E-state index in [1.807, 2.05) is 37.6 Å². The van der Waals surface area contributed by atoms with E-state index in [2.05, 4.69) is 0 Å². The summed E-state index contributed by atoms with van der Waals surface area (Å²) in [6, 6.07) is 0.206. The third kappa shape index (κ3) is 5.42. The number of thiocarbonyl (C=S) groups is 1. The van der Waals surface area contributed by atoms with Crippen LogP contribution >= 0.6 is 12.2 Å². The zero-order valence-corrected chi connectivity index (χ0v) is 11.5. The molecule has 1 unspecified atom stereocenters. The Bertz CT molecular complexity index is 241. The molecule has 0 fully saturated rings. The minimum absolute atomic E-state index is 0.155. The van der Waals surface area contributed by atoms with Gasteiger partial charge in [-0.25, -0.2) is 0 Å². The molecule has 0 aromatic rings. The Balaban J connectivity index is 4.16. The SMILES string of the molecule is CCN(CC)C(=O)CN(C)C(C)CC(N)=S. The van der Waals surface area contributed by atoms with Crippen molar-refractivity contribution in [3.8, 4) is 0 Å². The molecule has 4 nitrogen and oxygen atoms in total. The molecule has 94 valence electrons. The predicted molar refractivity (Wildman–Crippen MR) is 71.4 cm³/mol. The minimum atomic E-state index is 0.155. The quantitative estimate of drug-likeness (QED) is 0.676. The summed E-state index contributed by atoms with van der Waals surface area (Å²) in [5, 5.41) is 0. The number of hydrogen-bond donors (Lipinski definition) is 1. The van der Waals surface area contributed by atoms with E-state index in [-0.39, 0.29) is 11.9 Å². The van der Waals surface area contributed by atoms with Gasteiger partial charge in [0.05, 0.1) is 11.5 Å². The van der Waals surface area contributed by atoms with E-state index in [9.17, 15) is 4.79 Å². The van der Waals surface area contributed by atoms with E-state index in [0.717, 1.165) is 13.1 Å². The smallest absolute Gasteiger partial charge is 0.236 e. The zero-order chi connectivity index (χ0) is 12.7. The van der Waals surface area contributed by atoms with Crippen LogP contribution in [0.5, 0.6) is 0 Å². The standard InChI is InChI=1S/C11H23N3OS/c1-5-14(6-2)11(15)8-13(4)9(3)7-10(12)16/h9H,5-8H2,1-4H3,(H2,12,16). The minimum Gasteiger partial charge on any atom is -0.393 e. The van der Waals surface area contributed by atoms with Crippen LogP contribution < -0.4 is 5.73 Å². The van der Waals surface area contributed by atoms with Gasteiger partial charge in [0.1, 0.15) is 0 Å². The summed E-state index contributed by atoms with van der Waals surface area (Å²) in [7, 11) is 1.92. The number of nitrogens with two attached hydrogens (primary N) is 1. The van der Waals surface area contributed by atoms with Gasteiger partial charge in [-0.1, -0.05) is 12.2 Å². The van der Waals surface area contributed by atoms with Crippen molar-refractivity contribution in [2.75, 3.05) is 26.7 Å². The van der Waals surface area contributed by atoms with Crippen molar-refractivity contribution in [2.24, 2.45) is 5.73 Å². The molecular formula is C11H23N3OS. The first kappa shape index (κ1) is 15.3. The molecule has 0 bridgehead atoms. The second-order valence-electron chi connectivity index (χ2n) is 4.00. The molecule has 1 atom stereocenters. The summed E-state index contributed by atoms with van der Waals surface area (Å²) in [5.41, 5.74) is 5.48. The fourth-order valence-corrected chi connectivity index (χ4v) is 1.73. The molecule has 0 aliphatic heterocycles. The number of carbonyl (C=O) groups excluding carboxylic acids is 1. The van der Waals surface area contributed by atoms with Crippen molar-refractivity contribution in [1.82, 2.24) is 9.80 Å². The maximum atomic E-state index is 11.8. The van der Waals surface area contributed by atoms with Gasteiger partial charge in [0.15, 0.2) is 0 Å². The second kappa shape index (κ2) is 7.57. The van der Waals surface area contributed by atoms with Crippen molar-refractivity contribution in [2.45, 2.75) is 33.2 Å². The van der Waals surface area contributed by atoms with Crippen molar-refractivity contribution < 1.29 is 4.79 Å². The molecule has 5 heteroatoms. The third-order valence-corrected chi connectivity index (χ3v) is 2.92. The number of likely N-dealkylation sites (N-methyl/N-ethyl adjacent to an activating group) is 2. The van der Waals surface area contributed by atoms with E-state index in [1.54, 1.807) is 0 Å². The molecule has 0 rings (SSSR count). The topological polar surface area (TPSA) is 49.6 Å². The molecule has 0 saturated heterocycles. The fraction of sp³-hybridized carbons (Fsp3) is 0.818. The third-order valence-electron chi connectivity index (χ3n) is 2.75. The lowest BCUT2D eigenvalue weighted by atomic mass is 10.2. The first-order valence-corrected chi connectivity index (χ1v) is 6.09. The molecule has 0 spiro atoms. The van der Waals surface area contributed by atoms with Crippen LogP contribution in [0.2, 0.25) is 0 Å². The van der Waals surface area contributed by atoms with Crippen LogP contribution in [-0.4, -0.2) is 53.4 Å². The predicted octanol–water partition coefficient (Wildman–Crippen LogP) is 0.851. The van der Waals surface area contributed by atoms with E-state index >= 15 is 0 Å². The highest BCUT2D eigenvalue weighted by molar-refractivity contribution is 7.80. The molecule has 0 heterocycles. The number of amides is 1. The fourth-order valence-electron chi connectivity index (χ4n) is 1.49. The van der Waals surface area contributed by atoms with Gasteiger partial charge in [-0.2, -0.15) is 0 Å². The van der Waals surface area contributed by atoms with Crippen LogP contribution in [0.3, 0.4) is 0 Å². The highest BCUT2D eigenvalue weighted by atomic mass is 32.1. The summed E-state index contributed by atoms with van der Waals surface area (Å²) >= 11 is 4.86. The average molecular weight is 245 g/mol. The molecular weight excluding hydrogens is 222 g/mol. The van der Waals surface area contributed by atoms with Gasteiger partial charge in [-0.05, 0) is 27.8 Å². The molecule has 0 radical (unpaired) electrons. The summed E-state index contributed by atoms with van der Waals surface area (Å²) < 4.78 is 0. The van der Waals surface area contributed by atoms with Crippen molar-refractivity contribution in [3.63, 3.8) is 0 Å². The van der Waals surface area contributed by atoms with Gasteiger partial charge in [-0.3, -0.25) is 9.69 Å². The van der Waals surface area contributed by atoms with Gasteiger partial charge < -0.3 is 10.6 Å². The first-order valence-electron chi connectivity index (χ1n) is 5.68. The van der Waals surface area contributed by atoms with Crippen LogP contribution in [0.25, 0.3) is 0 Å². The van der Waals surface area contributed by atoms with E-state index < -0.39 is 0 Å². The monoisotopic (exact) mass is 245 g/mol. The Hall–Kier alpha value is -0.680. The normalized spacial score (nSPS) is 12.6.